The molecule has 4 nitrogen and oxygen atoms in total. The quantitative estimate of drug-likeness (QED) is 0.927. The number of fused-ring (bicyclic) bond motifs is 1. The Morgan fingerprint density at radius 2 is 2.19 bits per heavy atom. The SMILES string of the molecule is Cc1cccn2c(CN3CCC(N)C(C)(C)C3)cnc12.Cl. The Hall–Kier alpha value is -1.10. The van der Waals surface area contributed by atoms with Gasteiger partial charge < -0.3 is 10.1 Å². The average molecular weight is 309 g/mol. The number of hydrogen-bond acceptors (Lipinski definition) is 3. The molecular formula is C16H25ClN4. The van der Waals surface area contributed by atoms with Crippen molar-refractivity contribution in [2.75, 3.05) is 13.1 Å². The lowest BCUT2D eigenvalue weighted by molar-refractivity contribution is 0.0887. The highest BCUT2D eigenvalue weighted by molar-refractivity contribution is 5.85. The van der Waals surface area contributed by atoms with E-state index in [-0.39, 0.29) is 17.8 Å². The fraction of sp³-hybridized carbons (Fsp3) is 0.562. The molecule has 5 heteroatoms. The van der Waals surface area contributed by atoms with Crippen molar-refractivity contribution >= 4 is 18.1 Å². The van der Waals surface area contributed by atoms with Gasteiger partial charge in [-0.1, -0.05) is 19.9 Å². The smallest absolute Gasteiger partial charge is 0.139 e. The van der Waals surface area contributed by atoms with E-state index in [4.69, 9.17) is 5.73 Å². The van der Waals surface area contributed by atoms with Gasteiger partial charge in [0, 0.05) is 31.9 Å². The topological polar surface area (TPSA) is 46.6 Å². The second-order valence-electron chi connectivity index (χ2n) is 6.73. The van der Waals surface area contributed by atoms with Crippen molar-refractivity contribution in [3.8, 4) is 0 Å². The van der Waals surface area contributed by atoms with Gasteiger partial charge in [-0.2, -0.15) is 0 Å². The fourth-order valence-electron chi connectivity index (χ4n) is 3.17. The molecule has 2 aromatic heterocycles. The Morgan fingerprint density at radius 1 is 1.43 bits per heavy atom. The van der Waals surface area contributed by atoms with E-state index in [1.54, 1.807) is 0 Å². The van der Waals surface area contributed by atoms with E-state index in [2.05, 4.69) is 53.4 Å². The van der Waals surface area contributed by atoms with E-state index < -0.39 is 0 Å². The maximum Gasteiger partial charge on any atom is 0.139 e. The van der Waals surface area contributed by atoms with Gasteiger partial charge in [0.15, 0.2) is 0 Å². The number of imidazole rings is 1. The van der Waals surface area contributed by atoms with Crippen molar-refractivity contribution in [3.63, 3.8) is 0 Å². The number of halogens is 1. The molecule has 21 heavy (non-hydrogen) atoms. The van der Waals surface area contributed by atoms with Crippen LogP contribution >= 0.6 is 12.4 Å². The number of likely N-dealkylation sites (tertiary alicyclic amines) is 1. The molecular weight excluding hydrogens is 284 g/mol. The highest BCUT2D eigenvalue weighted by Crippen LogP contribution is 2.28. The number of hydrogen-bond donors (Lipinski definition) is 1. The average Bonchev–Trinajstić information content (AvgIpc) is 2.79. The minimum atomic E-state index is 0. The van der Waals surface area contributed by atoms with E-state index in [0.29, 0.717) is 6.04 Å². The monoisotopic (exact) mass is 308 g/mol. The molecule has 2 N–H and O–H groups in total. The normalized spacial score (nSPS) is 22.2. The van der Waals surface area contributed by atoms with Gasteiger partial charge in [-0.3, -0.25) is 4.90 Å². The Balaban J connectivity index is 0.00000161. The van der Waals surface area contributed by atoms with Crippen molar-refractivity contribution in [2.45, 2.75) is 39.8 Å². The minimum absolute atomic E-state index is 0. The standard InChI is InChI=1S/C16H24N4.ClH/c1-12-5-4-7-20-13(9-18-15(12)20)10-19-8-6-14(17)16(2,3)11-19;/h4-5,7,9,14H,6,8,10-11,17H2,1-3H3;1H. The van der Waals surface area contributed by atoms with Crippen LogP contribution in [-0.4, -0.2) is 33.4 Å². The number of aromatic nitrogens is 2. The summed E-state index contributed by atoms with van der Waals surface area (Å²) >= 11 is 0. The zero-order valence-electron chi connectivity index (χ0n) is 13.0. The lowest BCUT2D eigenvalue weighted by atomic mass is 9.80. The van der Waals surface area contributed by atoms with Crippen LogP contribution in [0.3, 0.4) is 0 Å². The van der Waals surface area contributed by atoms with Gasteiger partial charge in [-0.15, -0.1) is 12.4 Å². The molecule has 2 aromatic rings. The first kappa shape index (κ1) is 16.3. The molecule has 3 heterocycles. The minimum Gasteiger partial charge on any atom is -0.327 e. The molecule has 1 aliphatic heterocycles. The molecule has 0 aromatic carbocycles. The van der Waals surface area contributed by atoms with Crippen LogP contribution in [0, 0.1) is 12.3 Å². The molecule has 0 amide bonds. The second-order valence-corrected chi connectivity index (χ2v) is 6.73. The molecule has 1 atom stereocenters. The van der Waals surface area contributed by atoms with Crippen LogP contribution in [0.15, 0.2) is 24.5 Å². The van der Waals surface area contributed by atoms with E-state index in [1.165, 1.54) is 11.3 Å². The van der Waals surface area contributed by atoms with Crippen LogP contribution in [0.5, 0.6) is 0 Å². The number of rotatable bonds is 2. The summed E-state index contributed by atoms with van der Waals surface area (Å²) in [4.78, 5) is 7.04. The van der Waals surface area contributed by atoms with Crippen LogP contribution in [-0.2, 0) is 6.54 Å². The van der Waals surface area contributed by atoms with Crippen LogP contribution in [0.4, 0.5) is 0 Å². The molecule has 1 saturated heterocycles. The molecule has 0 saturated carbocycles. The largest absolute Gasteiger partial charge is 0.327 e. The van der Waals surface area contributed by atoms with E-state index in [1.807, 2.05) is 6.20 Å². The summed E-state index contributed by atoms with van der Waals surface area (Å²) in [6.07, 6.45) is 5.18. The number of piperidine rings is 1. The summed E-state index contributed by atoms with van der Waals surface area (Å²) in [5, 5.41) is 0. The third-order valence-corrected chi connectivity index (χ3v) is 4.58. The van der Waals surface area contributed by atoms with Crippen molar-refractivity contribution < 1.29 is 0 Å². The van der Waals surface area contributed by atoms with Crippen molar-refractivity contribution in [1.82, 2.24) is 14.3 Å². The Kier molecular flexibility index (Phi) is 4.61. The van der Waals surface area contributed by atoms with Gasteiger partial charge >= 0.3 is 0 Å². The van der Waals surface area contributed by atoms with E-state index in [0.717, 1.165) is 31.7 Å². The number of nitrogens with two attached hydrogens (primary N) is 1. The van der Waals surface area contributed by atoms with Crippen molar-refractivity contribution in [1.29, 1.82) is 0 Å². The Morgan fingerprint density at radius 3 is 2.90 bits per heavy atom. The van der Waals surface area contributed by atoms with Gasteiger partial charge in [-0.05, 0) is 30.4 Å². The maximum absolute atomic E-state index is 6.21. The number of aryl methyl sites for hydroxylation is 1. The first-order chi connectivity index (χ1) is 9.47. The molecule has 0 spiro atoms. The molecule has 1 fully saturated rings. The van der Waals surface area contributed by atoms with Gasteiger partial charge in [0.1, 0.15) is 5.65 Å². The summed E-state index contributed by atoms with van der Waals surface area (Å²) in [5.41, 5.74) is 9.95. The summed E-state index contributed by atoms with van der Waals surface area (Å²) < 4.78 is 2.21. The lowest BCUT2D eigenvalue weighted by Crippen LogP contribution is -2.52. The second kappa shape index (κ2) is 5.95. The molecule has 3 rings (SSSR count). The molecule has 1 unspecified atom stereocenters. The lowest BCUT2D eigenvalue weighted by Gasteiger charge is -2.42. The van der Waals surface area contributed by atoms with Crippen LogP contribution < -0.4 is 5.73 Å². The maximum atomic E-state index is 6.21. The van der Waals surface area contributed by atoms with E-state index in [9.17, 15) is 0 Å². The molecule has 0 aliphatic carbocycles. The third-order valence-electron chi connectivity index (χ3n) is 4.58. The molecule has 116 valence electrons. The van der Waals surface area contributed by atoms with Gasteiger partial charge in [0.25, 0.3) is 0 Å². The first-order valence-electron chi connectivity index (χ1n) is 7.37. The van der Waals surface area contributed by atoms with Gasteiger partial charge in [0.05, 0.1) is 11.9 Å². The van der Waals surface area contributed by atoms with Crippen LogP contribution in [0.25, 0.3) is 5.65 Å². The molecule has 0 radical (unpaired) electrons. The first-order valence-corrected chi connectivity index (χ1v) is 7.37. The Bertz CT molecular complexity index is 620. The predicted octanol–water partition coefficient (Wildman–Crippen LogP) is 2.62. The molecule has 0 bridgehead atoms. The van der Waals surface area contributed by atoms with Crippen LogP contribution in [0.2, 0.25) is 0 Å². The summed E-state index contributed by atoms with van der Waals surface area (Å²) in [7, 11) is 0. The highest BCUT2D eigenvalue weighted by atomic mass is 35.5. The van der Waals surface area contributed by atoms with E-state index >= 15 is 0 Å². The Labute approximate surface area is 132 Å². The summed E-state index contributed by atoms with van der Waals surface area (Å²) in [6, 6.07) is 4.50. The number of pyridine rings is 1. The zero-order valence-corrected chi connectivity index (χ0v) is 13.9. The van der Waals surface area contributed by atoms with Gasteiger partial charge in [-0.25, -0.2) is 4.98 Å². The summed E-state index contributed by atoms with van der Waals surface area (Å²) in [5.74, 6) is 0. The highest BCUT2D eigenvalue weighted by Gasteiger charge is 2.33. The van der Waals surface area contributed by atoms with Crippen LogP contribution in [0.1, 0.15) is 31.5 Å². The third kappa shape index (κ3) is 3.07. The predicted molar refractivity (Wildman–Crippen MR) is 88.8 cm³/mol. The van der Waals surface area contributed by atoms with Crippen molar-refractivity contribution in [2.24, 2.45) is 11.1 Å². The number of nitrogens with zero attached hydrogens (tertiary/aromatic N) is 3. The zero-order chi connectivity index (χ0) is 14.3. The summed E-state index contributed by atoms with van der Waals surface area (Å²) in [6.45, 7) is 9.71. The van der Waals surface area contributed by atoms with Crippen molar-refractivity contribution in [3.05, 3.63) is 35.8 Å². The fourth-order valence-corrected chi connectivity index (χ4v) is 3.17. The van der Waals surface area contributed by atoms with Gasteiger partial charge in [0.2, 0.25) is 0 Å². The molecule has 1 aliphatic rings.